The third kappa shape index (κ3) is 1.97. The lowest BCUT2D eigenvalue weighted by atomic mass is 9.80. The SMILES string of the molecule is NC(CC1CCC1)c1occc1Br. The number of nitrogens with two attached hydrogens (primary N) is 1. The van der Waals surface area contributed by atoms with Gasteiger partial charge in [-0.05, 0) is 34.3 Å². The Kier molecular flexibility index (Phi) is 2.74. The molecule has 0 radical (unpaired) electrons. The van der Waals surface area contributed by atoms with E-state index in [2.05, 4.69) is 15.9 Å². The van der Waals surface area contributed by atoms with Crippen molar-refractivity contribution in [1.82, 2.24) is 0 Å². The van der Waals surface area contributed by atoms with Gasteiger partial charge in [-0.15, -0.1) is 0 Å². The lowest BCUT2D eigenvalue weighted by Gasteiger charge is -2.27. The summed E-state index contributed by atoms with van der Waals surface area (Å²) in [7, 11) is 0. The van der Waals surface area contributed by atoms with Crippen LogP contribution in [0.15, 0.2) is 21.2 Å². The van der Waals surface area contributed by atoms with Crippen molar-refractivity contribution in [3.05, 3.63) is 22.6 Å². The molecule has 1 fully saturated rings. The highest BCUT2D eigenvalue weighted by Crippen LogP contribution is 2.35. The summed E-state index contributed by atoms with van der Waals surface area (Å²) < 4.78 is 6.32. The first-order valence-electron chi connectivity index (χ1n) is 4.76. The monoisotopic (exact) mass is 243 g/mol. The van der Waals surface area contributed by atoms with Gasteiger partial charge < -0.3 is 10.2 Å². The molecule has 2 N–H and O–H groups in total. The highest BCUT2D eigenvalue weighted by Gasteiger charge is 2.23. The first kappa shape index (κ1) is 9.28. The van der Waals surface area contributed by atoms with E-state index in [-0.39, 0.29) is 6.04 Å². The molecular weight excluding hydrogens is 230 g/mol. The maximum absolute atomic E-state index is 6.03. The second-order valence-corrected chi connectivity index (χ2v) is 4.63. The molecule has 1 saturated carbocycles. The number of halogens is 1. The molecule has 2 nitrogen and oxygen atoms in total. The molecule has 0 aliphatic heterocycles. The minimum atomic E-state index is 0.0645. The predicted octanol–water partition coefficient (Wildman–Crippen LogP) is 3.23. The summed E-state index contributed by atoms with van der Waals surface area (Å²) in [5, 5.41) is 0. The predicted molar refractivity (Wildman–Crippen MR) is 55.3 cm³/mol. The van der Waals surface area contributed by atoms with Crippen LogP contribution in [0, 0.1) is 5.92 Å². The van der Waals surface area contributed by atoms with Gasteiger partial charge in [0.25, 0.3) is 0 Å². The minimum absolute atomic E-state index is 0.0645. The fourth-order valence-corrected chi connectivity index (χ4v) is 2.26. The Bertz CT molecular complexity index is 280. The second kappa shape index (κ2) is 3.84. The van der Waals surface area contributed by atoms with Crippen LogP contribution in [0.25, 0.3) is 0 Å². The molecule has 0 spiro atoms. The summed E-state index contributed by atoms with van der Waals surface area (Å²) in [6.07, 6.45) is 6.79. The van der Waals surface area contributed by atoms with Gasteiger partial charge in [0, 0.05) is 0 Å². The number of hydrogen-bond acceptors (Lipinski definition) is 2. The van der Waals surface area contributed by atoms with E-state index in [1.165, 1.54) is 19.3 Å². The van der Waals surface area contributed by atoms with Crippen molar-refractivity contribution in [2.75, 3.05) is 0 Å². The van der Waals surface area contributed by atoms with Gasteiger partial charge in [0.15, 0.2) is 0 Å². The van der Waals surface area contributed by atoms with Crippen LogP contribution in [-0.4, -0.2) is 0 Å². The van der Waals surface area contributed by atoms with E-state index in [1.54, 1.807) is 6.26 Å². The summed E-state index contributed by atoms with van der Waals surface area (Å²) in [6, 6.07) is 1.96. The average Bonchev–Trinajstić information content (AvgIpc) is 2.43. The van der Waals surface area contributed by atoms with Crippen LogP contribution >= 0.6 is 15.9 Å². The van der Waals surface area contributed by atoms with Gasteiger partial charge in [-0.3, -0.25) is 0 Å². The van der Waals surface area contributed by atoms with E-state index < -0.39 is 0 Å². The van der Waals surface area contributed by atoms with E-state index in [9.17, 15) is 0 Å². The van der Waals surface area contributed by atoms with Gasteiger partial charge >= 0.3 is 0 Å². The Hall–Kier alpha value is -0.280. The second-order valence-electron chi connectivity index (χ2n) is 3.77. The van der Waals surface area contributed by atoms with E-state index in [0.29, 0.717) is 0 Å². The van der Waals surface area contributed by atoms with Crippen LogP contribution in [0.3, 0.4) is 0 Å². The van der Waals surface area contributed by atoms with Gasteiger partial charge in [-0.1, -0.05) is 19.3 Å². The molecule has 1 aliphatic carbocycles. The lowest BCUT2D eigenvalue weighted by Crippen LogP contribution is -2.19. The molecule has 0 bridgehead atoms. The van der Waals surface area contributed by atoms with Crippen molar-refractivity contribution < 1.29 is 4.42 Å². The highest BCUT2D eigenvalue weighted by atomic mass is 79.9. The third-order valence-corrected chi connectivity index (χ3v) is 3.45. The standard InChI is InChI=1S/C10H14BrNO/c11-8-4-5-13-10(8)9(12)6-7-2-1-3-7/h4-5,7,9H,1-3,6,12H2. The Morgan fingerprint density at radius 1 is 1.62 bits per heavy atom. The van der Waals surface area contributed by atoms with Crippen molar-refractivity contribution >= 4 is 15.9 Å². The van der Waals surface area contributed by atoms with Crippen LogP contribution in [0.5, 0.6) is 0 Å². The maximum Gasteiger partial charge on any atom is 0.134 e. The van der Waals surface area contributed by atoms with Crippen molar-refractivity contribution in [3.63, 3.8) is 0 Å². The summed E-state index contributed by atoms with van der Waals surface area (Å²) in [6.45, 7) is 0. The molecule has 1 aliphatic rings. The lowest BCUT2D eigenvalue weighted by molar-refractivity contribution is 0.265. The molecule has 1 heterocycles. The first-order valence-corrected chi connectivity index (χ1v) is 5.55. The molecule has 0 amide bonds. The van der Waals surface area contributed by atoms with Gasteiger partial charge in [-0.25, -0.2) is 0 Å². The highest BCUT2D eigenvalue weighted by molar-refractivity contribution is 9.10. The van der Waals surface area contributed by atoms with E-state index in [1.807, 2.05) is 6.07 Å². The van der Waals surface area contributed by atoms with Crippen molar-refractivity contribution in [2.24, 2.45) is 11.7 Å². The van der Waals surface area contributed by atoms with Crippen molar-refractivity contribution in [3.8, 4) is 0 Å². The summed E-state index contributed by atoms with van der Waals surface area (Å²) in [5.41, 5.74) is 6.03. The van der Waals surface area contributed by atoms with Crippen molar-refractivity contribution in [1.29, 1.82) is 0 Å². The van der Waals surface area contributed by atoms with Gasteiger partial charge in [0.1, 0.15) is 5.76 Å². The fraction of sp³-hybridized carbons (Fsp3) is 0.600. The zero-order valence-electron chi connectivity index (χ0n) is 7.50. The fourth-order valence-electron chi connectivity index (χ4n) is 1.76. The van der Waals surface area contributed by atoms with Crippen LogP contribution in [0.4, 0.5) is 0 Å². The molecule has 1 atom stereocenters. The third-order valence-electron chi connectivity index (χ3n) is 2.79. The topological polar surface area (TPSA) is 39.2 Å². The quantitative estimate of drug-likeness (QED) is 0.886. The molecule has 13 heavy (non-hydrogen) atoms. The van der Waals surface area contributed by atoms with Crippen LogP contribution in [0.1, 0.15) is 37.5 Å². The molecule has 1 unspecified atom stereocenters. The van der Waals surface area contributed by atoms with Gasteiger partial charge in [0.05, 0.1) is 16.8 Å². The minimum Gasteiger partial charge on any atom is -0.466 e. The van der Waals surface area contributed by atoms with Crippen LogP contribution < -0.4 is 5.73 Å². The smallest absolute Gasteiger partial charge is 0.134 e. The van der Waals surface area contributed by atoms with E-state index >= 15 is 0 Å². The maximum atomic E-state index is 6.03. The zero-order chi connectivity index (χ0) is 9.26. The Morgan fingerprint density at radius 3 is 2.85 bits per heavy atom. The molecular formula is C10H14BrNO. The van der Waals surface area contributed by atoms with E-state index in [0.717, 1.165) is 22.6 Å². The summed E-state index contributed by atoms with van der Waals surface area (Å²) in [4.78, 5) is 0. The molecule has 0 aromatic carbocycles. The Labute approximate surface area is 86.6 Å². The average molecular weight is 244 g/mol. The molecule has 2 rings (SSSR count). The van der Waals surface area contributed by atoms with Gasteiger partial charge in [-0.2, -0.15) is 0 Å². The first-order chi connectivity index (χ1) is 6.27. The normalized spacial score (nSPS) is 19.8. The number of rotatable bonds is 3. The molecule has 0 saturated heterocycles. The Morgan fingerprint density at radius 2 is 2.38 bits per heavy atom. The largest absolute Gasteiger partial charge is 0.466 e. The molecule has 72 valence electrons. The van der Waals surface area contributed by atoms with Crippen molar-refractivity contribution in [2.45, 2.75) is 31.7 Å². The summed E-state index contributed by atoms with van der Waals surface area (Å²) in [5.74, 6) is 1.72. The molecule has 1 aromatic rings. The number of furan rings is 1. The zero-order valence-corrected chi connectivity index (χ0v) is 9.09. The molecule has 1 aromatic heterocycles. The number of hydrogen-bond donors (Lipinski definition) is 1. The van der Waals surface area contributed by atoms with Gasteiger partial charge in [0.2, 0.25) is 0 Å². The summed E-state index contributed by atoms with van der Waals surface area (Å²) >= 11 is 3.42. The van der Waals surface area contributed by atoms with Crippen LogP contribution in [-0.2, 0) is 0 Å². The molecule has 3 heteroatoms. The van der Waals surface area contributed by atoms with Crippen LogP contribution in [0.2, 0.25) is 0 Å². The Balaban J connectivity index is 1.96. The van der Waals surface area contributed by atoms with E-state index in [4.69, 9.17) is 10.2 Å².